The molecule has 1 amide bonds. The normalized spacial score (nSPS) is 14.8. The molecule has 7 nitrogen and oxygen atoms in total. The van der Waals surface area contributed by atoms with Crippen molar-refractivity contribution in [3.05, 3.63) is 58.5 Å². The van der Waals surface area contributed by atoms with Crippen molar-refractivity contribution in [1.82, 2.24) is 14.8 Å². The SMILES string of the molecule is COc1cn(CC(=O)NC(C)C)c(CN2CCN(c3ccccc3)CC2)cc1=O. The van der Waals surface area contributed by atoms with Gasteiger partial charge in [-0.05, 0) is 26.0 Å². The van der Waals surface area contributed by atoms with Crippen molar-refractivity contribution in [2.45, 2.75) is 33.0 Å². The van der Waals surface area contributed by atoms with Gasteiger partial charge in [-0.25, -0.2) is 0 Å². The van der Waals surface area contributed by atoms with Crippen LogP contribution >= 0.6 is 0 Å². The average Bonchev–Trinajstić information content (AvgIpc) is 2.70. The van der Waals surface area contributed by atoms with E-state index in [0.29, 0.717) is 6.54 Å². The molecule has 29 heavy (non-hydrogen) atoms. The van der Waals surface area contributed by atoms with Gasteiger partial charge in [-0.3, -0.25) is 14.5 Å². The molecule has 0 saturated carbocycles. The van der Waals surface area contributed by atoms with E-state index in [1.807, 2.05) is 24.5 Å². The van der Waals surface area contributed by atoms with Gasteiger partial charge in [-0.2, -0.15) is 0 Å². The van der Waals surface area contributed by atoms with E-state index in [1.54, 1.807) is 12.3 Å². The number of carbonyl (C=O) groups excluding carboxylic acids is 1. The predicted octanol–water partition coefficient (Wildman–Crippen LogP) is 1.70. The first-order valence-electron chi connectivity index (χ1n) is 10.1. The topological polar surface area (TPSA) is 66.8 Å². The summed E-state index contributed by atoms with van der Waals surface area (Å²) in [7, 11) is 1.47. The Kier molecular flexibility index (Phi) is 6.93. The number of ether oxygens (including phenoxy) is 1. The minimum atomic E-state index is -0.161. The second-order valence-corrected chi connectivity index (χ2v) is 7.65. The third kappa shape index (κ3) is 5.60. The molecule has 3 rings (SSSR count). The summed E-state index contributed by atoms with van der Waals surface area (Å²) in [6, 6.07) is 12.1. The Morgan fingerprint density at radius 3 is 2.45 bits per heavy atom. The number of anilines is 1. The van der Waals surface area contributed by atoms with Crippen LogP contribution in [-0.4, -0.2) is 54.7 Å². The number of rotatable bonds is 7. The van der Waals surface area contributed by atoms with Gasteiger partial charge >= 0.3 is 0 Å². The second-order valence-electron chi connectivity index (χ2n) is 7.65. The Labute approximate surface area is 171 Å². The van der Waals surface area contributed by atoms with Crippen molar-refractivity contribution >= 4 is 11.6 Å². The summed E-state index contributed by atoms with van der Waals surface area (Å²) >= 11 is 0. The zero-order valence-electron chi connectivity index (χ0n) is 17.4. The van der Waals surface area contributed by atoms with Gasteiger partial charge in [0.1, 0.15) is 6.54 Å². The van der Waals surface area contributed by atoms with E-state index in [4.69, 9.17) is 4.74 Å². The van der Waals surface area contributed by atoms with Gasteiger partial charge in [0.2, 0.25) is 11.3 Å². The van der Waals surface area contributed by atoms with Crippen molar-refractivity contribution in [2.75, 3.05) is 38.2 Å². The zero-order valence-corrected chi connectivity index (χ0v) is 17.4. The highest BCUT2D eigenvalue weighted by Crippen LogP contribution is 2.17. The van der Waals surface area contributed by atoms with Gasteiger partial charge in [0.15, 0.2) is 5.75 Å². The molecule has 0 aliphatic carbocycles. The Morgan fingerprint density at radius 2 is 1.83 bits per heavy atom. The lowest BCUT2D eigenvalue weighted by molar-refractivity contribution is -0.122. The number of nitrogens with zero attached hydrogens (tertiary/aromatic N) is 3. The number of pyridine rings is 1. The maximum atomic E-state index is 12.3. The average molecular weight is 399 g/mol. The third-order valence-corrected chi connectivity index (χ3v) is 5.05. The molecule has 0 atom stereocenters. The minimum Gasteiger partial charge on any atom is -0.491 e. The van der Waals surface area contributed by atoms with E-state index in [1.165, 1.54) is 12.8 Å². The molecule has 0 spiro atoms. The fraction of sp³-hybridized carbons (Fsp3) is 0.455. The van der Waals surface area contributed by atoms with E-state index in [-0.39, 0.29) is 29.7 Å². The fourth-order valence-corrected chi connectivity index (χ4v) is 3.58. The first-order valence-corrected chi connectivity index (χ1v) is 10.1. The number of hydrogen-bond acceptors (Lipinski definition) is 5. The van der Waals surface area contributed by atoms with E-state index < -0.39 is 0 Å². The lowest BCUT2D eigenvalue weighted by atomic mass is 10.2. The number of amides is 1. The van der Waals surface area contributed by atoms with Crippen LogP contribution in [-0.2, 0) is 17.9 Å². The zero-order chi connectivity index (χ0) is 20.8. The molecule has 1 aliphatic rings. The van der Waals surface area contributed by atoms with Crippen LogP contribution in [0.4, 0.5) is 5.69 Å². The van der Waals surface area contributed by atoms with Gasteiger partial charge in [0.25, 0.3) is 0 Å². The van der Waals surface area contributed by atoms with E-state index >= 15 is 0 Å². The van der Waals surface area contributed by atoms with E-state index in [9.17, 15) is 9.59 Å². The highest BCUT2D eigenvalue weighted by molar-refractivity contribution is 5.76. The lowest BCUT2D eigenvalue weighted by Gasteiger charge is -2.36. The van der Waals surface area contributed by atoms with Gasteiger partial charge in [-0.15, -0.1) is 0 Å². The van der Waals surface area contributed by atoms with Crippen LogP contribution in [0.15, 0.2) is 47.4 Å². The minimum absolute atomic E-state index is 0.0679. The van der Waals surface area contributed by atoms with Crippen LogP contribution in [0, 0.1) is 0 Å². The van der Waals surface area contributed by atoms with Gasteiger partial charge in [0.05, 0.1) is 13.3 Å². The van der Waals surface area contributed by atoms with Crippen LogP contribution in [0.1, 0.15) is 19.5 Å². The first kappa shape index (κ1) is 20.9. The molecule has 0 unspecified atom stereocenters. The van der Waals surface area contributed by atoms with Crippen LogP contribution in [0.2, 0.25) is 0 Å². The van der Waals surface area contributed by atoms with Crippen molar-refractivity contribution in [3.63, 3.8) is 0 Å². The maximum absolute atomic E-state index is 12.3. The molecule has 1 saturated heterocycles. The number of piperazine rings is 1. The molecule has 2 aromatic rings. The van der Waals surface area contributed by atoms with Crippen molar-refractivity contribution in [2.24, 2.45) is 0 Å². The molecule has 1 fully saturated rings. The lowest BCUT2D eigenvalue weighted by Crippen LogP contribution is -2.46. The van der Waals surface area contributed by atoms with Crippen LogP contribution in [0.3, 0.4) is 0 Å². The number of carbonyl (C=O) groups is 1. The molecule has 0 radical (unpaired) electrons. The Bertz CT molecular complexity index is 871. The number of hydrogen-bond donors (Lipinski definition) is 1. The summed E-state index contributed by atoms with van der Waals surface area (Å²) in [5.41, 5.74) is 1.90. The van der Waals surface area contributed by atoms with Crippen LogP contribution in [0.5, 0.6) is 5.75 Å². The van der Waals surface area contributed by atoms with Crippen LogP contribution in [0.25, 0.3) is 0 Å². The molecule has 1 N–H and O–H groups in total. The Morgan fingerprint density at radius 1 is 1.14 bits per heavy atom. The molecule has 1 aromatic heterocycles. The van der Waals surface area contributed by atoms with Gasteiger partial charge < -0.3 is 19.5 Å². The summed E-state index contributed by atoms with van der Waals surface area (Å²) in [6.45, 7) is 8.29. The quantitative estimate of drug-likeness (QED) is 0.769. The van der Waals surface area contributed by atoms with Crippen molar-refractivity contribution in [1.29, 1.82) is 0 Å². The number of aromatic nitrogens is 1. The summed E-state index contributed by atoms with van der Waals surface area (Å²) in [5.74, 6) is 0.167. The second kappa shape index (κ2) is 9.60. The predicted molar refractivity (Wildman–Crippen MR) is 114 cm³/mol. The number of methoxy groups -OCH3 is 1. The molecular formula is C22H30N4O3. The Hall–Kier alpha value is -2.80. The van der Waals surface area contributed by atoms with Gasteiger partial charge in [-0.1, -0.05) is 18.2 Å². The first-order chi connectivity index (χ1) is 14.0. The Balaban J connectivity index is 1.70. The summed E-state index contributed by atoms with van der Waals surface area (Å²) < 4.78 is 6.99. The third-order valence-electron chi connectivity index (χ3n) is 5.05. The monoisotopic (exact) mass is 398 g/mol. The smallest absolute Gasteiger partial charge is 0.240 e. The highest BCUT2D eigenvalue weighted by atomic mass is 16.5. The molecule has 7 heteroatoms. The van der Waals surface area contributed by atoms with E-state index in [0.717, 1.165) is 31.9 Å². The standard InChI is InChI=1S/C22H30N4O3/c1-17(2)23-22(28)16-26-15-21(29-3)20(27)13-19(26)14-24-9-11-25(12-10-24)18-7-5-4-6-8-18/h4-8,13,15,17H,9-12,14,16H2,1-3H3,(H,23,28). The largest absolute Gasteiger partial charge is 0.491 e. The number of nitrogens with one attached hydrogen (secondary N) is 1. The number of benzene rings is 1. The summed E-state index contributed by atoms with van der Waals surface area (Å²) in [6.07, 6.45) is 1.64. The van der Waals surface area contributed by atoms with Crippen molar-refractivity contribution in [3.8, 4) is 5.75 Å². The molecular weight excluding hydrogens is 368 g/mol. The molecule has 2 heterocycles. The number of para-hydroxylation sites is 1. The molecule has 1 aromatic carbocycles. The summed E-state index contributed by atoms with van der Waals surface area (Å²) in [4.78, 5) is 29.3. The van der Waals surface area contributed by atoms with Crippen LogP contribution < -0.4 is 20.4 Å². The molecule has 1 aliphatic heterocycles. The molecule has 0 bridgehead atoms. The summed E-state index contributed by atoms with van der Waals surface area (Å²) in [5, 5.41) is 2.90. The fourth-order valence-electron chi connectivity index (χ4n) is 3.58. The van der Waals surface area contributed by atoms with E-state index in [2.05, 4.69) is 39.4 Å². The molecule has 156 valence electrons. The maximum Gasteiger partial charge on any atom is 0.240 e. The van der Waals surface area contributed by atoms with Crippen molar-refractivity contribution < 1.29 is 9.53 Å². The highest BCUT2D eigenvalue weighted by Gasteiger charge is 2.19. The van der Waals surface area contributed by atoms with Gasteiger partial charge in [0, 0.05) is 56.2 Å².